The van der Waals surface area contributed by atoms with Gasteiger partial charge in [-0.3, -0.25) is 13.9 Å². The SMILES string of the molecule is O=C(COc1ccc(Cl)cc1)N1CCN(C(=O)c2ccc(N3CCCS3(=O)=O)cc2)CC1. The fourth-order valence-corrected chi connectivity index (χ4v) is 5.50. The average Bonchev–Trinajstić information content (AvgIpc) is 3.17. The highest BCUT2D eigenvalue weighted by atomic mass is 35.5. The summed E-state index contributed by atoms with van der Waals surface area (Å²) in [6.45, 7) is 2.10. The molecule has 0 aliphatic carbocycles. The number of carbonyl (C=O) groups is 2. The zero-order valence-electron chi connectivity index (χ0n) is 17.4. The smallest absolute Gasteiger partial charge is 0.260 e. The van der Waals surface area contributed by atoms with Crippen LogP contribution in [-0.2, 0) is 14.8 Å². The van der Waals surface area contributed by atoms with Gasteiger partial charge in [-0.1, -0.05) is 11.6 Å². The Balaban J connectivity index is 1.28. The number of hydrogen-bond donors (Lipinski definition) is 0. The molecule has 0 radical (unpaired) electrons. The van der Waals surface area contributed by atoms with Gasteiger partial charge in [0.15, 0.2) is 6.61 Å². The Kier molecular flexibility index (Phi) is 6.57. The molecule has 2 fully saturated rings. The summed E-state index contributed by atoms with van der Waals surface area (Å²) in [5, 5.41) is 0.597. The van der Waals surface area contributed by atoms with Crippen molar-refractivity contribution in [1.82, 2.24) is 9.80 Å². The number of hydrogen-bond acceptors (Lipinski definition) is 5. The third-order valence-electron chi connectivity index (χ3n) is 5.60. The van der Waals surface area contributed by atoms with Crippen molar-refractivity contribution in [3.63, 3.8) is 0 Å². The van der Waals surface area contributed by atoms with E-state index in [-0.39, 0.29) is 24.2 Å². The number of sulfonamides is 1. The van der Waals surface area contributed by atoms with E-state index in [9.17, 15) is 18.0 Å². The molecule has 4 rings (SSSR count). The Hall–Kier alpha value is -2.78. The van der Waals surface area contributed by atoms with Crippen molar-refractivity contribution in [2.45, 2.75) is 6.42 Å². The lowest BCUT2D eigenvalue weighted by Gasteiger charge is -2.34. The van der Waals surface area contributed by atoms with Crippen LogP contribution < -0.4 is 9.04 Å². The van der Waals surface area contributed by atoms with Crippen LogP contribution >= 0.6 is 11.6 Å². The van der Waals surface area contributed by atoms with Crippen molar-refractivity contribution < 1.29 is 22.7 Å². The number of carbonyl (C=O) groups excluding carboxylic acids is 2. The van der Waals surface area contributed by atoms with E-state index in [4.69, 9.17) is 16.3 Å². The lowest BCUT2D eigenvalue weighted by atomic mass is 10.1. The predicted molar refractivity (Wildman–Crippen MR) is 122 cm³/mol. The molecular formula is C22H24ClN3O5S. The predicted octanol–water partition coefficient (Wildman–Crippen LogP) is 2.24. The van der Waals surface area contributed by atoms with Crippen molar-refractivity contribution in [3.8, 4) is 5.75 Å². The van der Waals surface area contributed by atoms with E-state index >= 15 is 0 Å². The van der Waals surface area contributed by atoms with Crippen molar-refractivity contribution in [1.29, 1.82) is 0 Å². The van der Waals surface area contributed by atoms with Crippen LogP contribution in [0.25, 0.3) is 0 Å². The minimum absolute atomic E-state index is 0.0730. The maximum Gasteiger partial charge on any atom is 0.260 e. The summed E-state index contributed by atoms with van der Waals surface area (Å²) in [7, 11) is -3.25. The number of halogens is 1. The van der Waals surface area contributed by atoms with Crippen LogP contribution in [-0.4, -0.2) is 75.1 Å². The highest BCUT2D eigenvalue weighted by molar-refractivity contribution is 7.93. The van der Waals surface area contributed by atoms with Crippen LogP contribution in [0.4, 0.5) is 5.69 Å². The van der Waals surface area contributed by atoms with Gasteiger partial charge in [-0.05, 0) is 55.0 Å². The fraction of sp³-hybridized carbons (Fsp3) is 0.364. The third kappa shape index (κ3) is 4.99. The van der Waals surface area contributed by atoms with E-state index < -0.39 is 10.0 Å². The van der Waals surface area contributed by atoms with Gasteiger partial charge in [0.05, 0.1) is 11.4 Å². The summed E-state index contributed by atoms with van der Waals surface area (Å²) in [6.07, 6.45) is 0.608. The van der Waals surface area contributed by atoms with Crippen LogP contribution in [0.15, 0.2) is 48.5 Å². The van der Waals surface area contributed by atoms with E-state index in [1.165, 1.54) is 4.31 Å². The molecule has 2 heterocycles. The number of ether oxygens (including phenoxy) is 1. The van der Waals surface area contributed by atoms with Gasteiger partial charge in [0.1, 0.15) is 5.75 Å². The number of nitrogens with zero attached hydrogens (tertiary/aromatic N) is 3. The van der Waals surface area contributed by atoms with Crippen molar-refractivity contribution >= 4 is 39.1 Å². The van der Waals surface area contributed by atoms with Gasteiger partial charge in [0.2, 0.25) is 10.0 Å². The molecular weight excluding hydrogens is 454 g/mol. The van der Waals surface area contributed by atoms with Gasteiger partial charge in [0.25, 0.3) is 11.8 Å². The molecule has 2 amide bonds. The maximum atomic E-state index is 12.8. The first-order valence-corrected chi connectivity index (χ1v) is 12.4. The molecule has 2 aromatic carbocycles. The van der Waals surface area contributed by atoms with E-state index in [1.54, 1.807) is 58.3 Å². The lowest BCUT2D eigenvalue weighted by molar-refractivity contribution is -0.134. The second kappa shape index (κ2) is 9.38. The van der Waals surface area contributed by atoms with Gasteiger partial charge in [-0.15, -0.1) is 0 Å². The van der Waals surface area contributed by atoms with Crippen molar-refractivity contribution in [3.05, 3.63) is 59.1 Å². The summed E-state index contributed by atoms with van der Waals surface area (Å²) in [4.78, 5) is 28.6. The molecule has 170 valence electrons. The summed E-state index contributed by atoms with van der Waals surface area (Å²) in [5.41, 5.74) is 1.08. The topological polar surface area (TPSA) is 87.2 Å². The van der Waals surface area contributed by atoms with Gasteiger partial charge in [0, 0.05) is 43.3 Å². The third-order valence-corrected chi connectivity index (χ3v) is 7.72. The lowest BCUT2D eigenvalue weighted by Crippen LogP contribution is -2.51. The standard InChI is InChI=1S/C22H24ClN3O5S/c23-18-4-8-20(9-5-18)31-16-21(27)24-11-13-25(14-12-24)22(28)17-2-6-19(7-3-17)26-10-1-15-32(26,29)30/h2-9H,1,10-16H2. The van der Waals surface area contributed by atoms with Gasteiger partial charge < -0.3 is 14.5 Å². The first-order chi connectivity index (χ1) is 15.3. The highest BCUT2D eigenvalue weighted by Crippen LogP contribution is 2.24. The molecule has 2 saturated heterocycles. The second-order valence-corrected chi connectivity index (χ2v) is 10.2. The van der Waals surface area contributed by atoms with E-state index in [1.807, 2.05) is 0 Å². The summed E-state index contributed by atoms with van der Waals surface area (Å²) < 4.78 is 31.0. The number of amides is 2. The molecule has 32 heavy (non-hydrogen) atoms. The number of anilines is 1. The van der Waals surface area contributed by atoms with Crippen LogP contribution in [0, 0.1) is 0 Å². The monoisotopic (exact) mass is 477 g/mol. The molecule has 0 N–H and O–H groups in total. The van der Waals surface area contributed by atoms with E-state index in [0.29, 0.717) is 61.2 Å². The van der Waals surface area contributed by atoms with Crippen LogP contribution in [0.5, 0.6) is 5.75 Å². The minimum Gasteiger partial charge on any atom is -0.484 e. The number of benzene rings is 2. The molecule has 0 spiro atoms. The quantitative estimate of drug-likeness (QED) is 0.659. The fourth-order valence-electron chi connectivity index (χ4n) is 3.81. The highest BCUT2D eigenvalue weighted by Gasteiger charge is 2.29. The van der Waals surface area contributed by atoms with Gasteiger partial charge in [-0.2, -0.15) is 0 Å². The molecule has 8 nitrogen and oxygen atoms in total. The molecule has 2 aromatic rings. The second-order valence-electron chi connectivity index (χ2n) is 7.70. The number of piperazine rings is 1. The average molecular weight is 478 g/mol. The van der Waals surface area contributed by atoms with Gasteiger partial charge >= 0.3 is 0 Å². The van der Waals surface area contributed by atoms with E-state index in [2.05, 4.69) is 0 Å². The summed E-state index contributed by atoms with van der Waals surface area (Å²) >= 11 is 5.84. The van der Waals surface area contributed by atoms with E-state index in [0.717, 1.165) is 0 Å². The molecule has 0 aromatic heterocycles. The normalized spacial score (nSPS) is 18.0. The van der Waals surface area contributed by atoms with Crippen molar-refractivity contribution in [2.24, 2.45) is 0 Å². The molecule has 2 aliphatic rings. The maximum absolute atomic E-state index is 12.8. The zero-order chi connectivity index (χ0) is 22.7. The van der Waals surface area contributed by atoms with Crippen molar-refractivity contribution in [2.75, 3.05) is 49.4 Å². The van der Waals surface area contributed by atoms with Crippen LogP contribution in [0.1, 0.15) is 16.8 Å². The Labute approximate surface area is 192 Å². The van der Waals surface area contributed by atoms with Gasteiger partial charge in [-0.25, -0.2) is 8.42 Å². The summed E-state index contributed by atoms with van der Waals surface area (Å²) in [5.74, 6) is 0.455. The Morgan fingerprint density at radius 3 is 2.09 bits per heavy atom. The first kappa shape index (κ1) is 22.4. The number of rotatable bonds is 5. The molecule has 0 saturated carbocycles. The zero-order valence-corrected chi connectivity index (χ0v) is 19.0. The van der Waals surface area contributed by atoms with Crippen LogP contribution in [0.3, 0.4) is 0 Å². The molecule has 10 heteroatoms. The Morgan fingerprint density at radius 2 is 1.50 bits per heavy atom. The first-order valence-electron chi connectivity index (χ1n) is 10.4. The molecule has 0 atom stereocenters. The van der Waals surface area contributed by atoms with Crippen LogP contribution in [0.2, 0.25) is 5.02 Å². The Morgan fingerprint density at radius 1 is 0.875 bits per heavy atom. The Bertz CT molecular complexity index is 1080. The molecule has 0 unspecified atom stereocenters. The molecule has 0 bridgehead atoms. The molecule has 2 aliphatic heterocycles. The summed E-state index contributed by atoms with van der Waals surface area (Å²) in [6, 6.07) is 13.5. The minimum atomic E-state index is -3.25. The largest absolute Gasteiger partial charge is 0.484 e.